The fourth-order valence-corrected chi connectivity index (χ4v) is 4.05. The van der Waals surface area contributed by atoms with Gasteiger partial charge in [0.15, 0.2) is 9.58 Å². The van der Waals surface area contributed by atoms with Gasteiger partial charge in [0.25, 0.3) is 0 Å². The summed E-state index contributed by atoms with van der Waals surface area (Å²) in [7, 11) is -1.77. The van der Waals surface area contributed by atoms with Gasteiger partial charge < -0.3 is 17.0 Å². The lowest BCUT2D eigenvalue weighted by atomic mass is 9.94. The molecule has 0 radical (unpaired) electrons. The molecule has 5 heteroatoms. The SMILES string of the molecule is CC(C)(C)c1cc2ccccc2[s+]1C(F)(F)F.[Br-]. The van der Waals surface area contributed by atoms with E-state index >= 15 is 0 Å². The van der Waals surface area contributed by atoms with Crippen LogP contribution < -0.4 is 17.0 Å². The Kier molecular flexibility index (Phi) is 4.18. The zero-order valence-corrected chi connectivity index (χ0v) is 12.7. The third-order valence-electron chi connectivity index (χ3n) is 2.62. The summed E-state index contributed by atoms with van der Waals surface area (Å²) in [5, 5.41) is 0.707. The van der Waals surface area contributed by atoms with Crippen molar-refractivity contribution in [3.8, 4) is 0 Å². The number of thiophene rings is 1. The number of alkyl halides is 3. The van der Waals surface area contributed by atoms with E-state index in [0.29, 0.717) is 15.0 Å². The zero-order chi connectivity index (χ0) is 12.8. The van der Waals surface area contributed by atoms with Crippen LogP contribution in [0.3, 0.4) is 0 Å². The van der Waals surface area contributed by atoms with Crippen molar-refractivity contribution >= 4 is 20.6 Å². The van der Waals surface area contributed by atoms with Crippen LogP contribution >= 0.6 is 10.5 Å². The molecule has 2 rings (SSSR count). The maximum absolute atomic E-state index is 13.2. The molecule has 0 aliphatic carbocycles. The van der Waals surface area contributed by atoms with Crippen LogP contribution in [0.2, 0.25) is 0 Å². The summed E-state index contributed by atoms with van der Waals surface area (Å²) in [5.41, 5.74) is -4.65. The van der Waals surface area contributed by atoms with Gasteiger partial charge >= 0.3 is 5.51 Å². The van der Waals surface area contributed by atoms with Crippen molar-refractivity contribution in [3.63, 3.8) is 0 Å². The van der Waals surface area contributed by atoms with E-state index in [9.17, 15) is 13.2 Å². The molecular weight excluding hydrogens is 325 g/mol. The average Bonchev–Trinajstić information content (AvgIpc) is 2.54. The van der Waals surface area contributed by atoms with Gasteiger partial charge in [-0.3, -0.25) is 0 Å². The van der Waals surface area contributed by atoms with E-state index < -0.39 is 21.4 Å². The lowest BCUT2D eigenvalue weighted by Crippen LogP contribution is -3.00. The Balaban J connectivity index is 0.00000162. The number of rotatable bonds is 0. The molecule has 1 heterocycles. The Bertz CT molecular complexity index is 549. The fraction of sp³-hybridized carbons (Fsp3) is 0.385. The van der Waals surface area contributed by atoms with Gasteiger partial charge in [-0.15, -0.1) is 13.2 Å². The van der Waals surface area contributed by atoms with Crippen molar-refractivity contribution in [2.75, 3.05) is 0 Å². The molecule has 0 N–H and O–H groups in total. The maximum Gasteiger partial charge on any atom is 0.600 e. The van der Waals surface area contributed by atoms with E-state index in [1.807, 2.05) is 20.8 Å². The monoisotopic (exact) mass is 338 g/mol. The van der Waals surface area contributed by atoms with E-state index in [1.54, 1.807) is 30.3 Å². The van der Waals surface area contributed by atoms with Crippen LogP contribution in [-0.4, -0.2) is 0 Å². The molecule has 0 saturated heterocycles. The molecule has 18 heavy (non-hydrogen) atoms. The van der Waals surface area contributed by atoms with E-state index in [-0.39, 0.29) is 17.0 Å². The van der Waals surface area contributed by atoms with Crippen LogP contribution in [0.25, 0.3) is 10.1 Å². The lowest BCUT2D eigenvalue weighted by Gasteiger charge is -2.13. The van der Waals surface area contributed by atoms with Crippen molar-refractivity contribution < 1.29 is 30.2 Å². The summed E-state index contributed by atoms with van der Waals surface area (Å²) in [6.45, 7) is 5.49. The highest BCUT2D eigenvalue weighted by Crippen LogP contribution is 2.53. The van der Waals surface area contributed by atoms with Crippen molar-refractivity contribution in [2.24, 2.45) is 0 Å². The smallest absolute Gasteiger partial charge is 0.600 e. The van der Waals surface area contributed by atoms with Crippen LogP contribution in [0.4, 0.5) is 13.2 Å². The minimum Gasteiger partial charge on any atom is -1.00 e. The predicted octanol–water partition coefficient (Wildman–Crippen LogP) is 2.37. The molecule has 0 aliphatic rings. The van der Waals surface area contributed by atoms with Crippen molar-refractivity contribution in [2.45, 2.75) is 31.7 Å². The number of hydrogen-bond acceptors (Lipinski definition) is 0. The Labute approximate surface area is 118 Å². The Morgan fingerprint density at radius 3 is 2.06 bits per heavy atom. The molecule has 0 fully saturated rings. The molecule has 1 aromatic carbocycles. The molecular formula is C13H14BrF3S. The average molecular weight is 339 g/mol. The quantitative estimate of drug-likeness (QED) is 0.647. The summed E-state index contributed by atoms with van der Waals surface area (Å²) in [6.07, 6.45) is 0. The largest absolute Gasteiger partial charge is 1.00 e. The van der Waals surface area contributed by atoms with Gasteiger partial charge in [-0.25, -0.2) is 0 Å². The van der Waals surface area contributed by atoms with E-state index in [2.05, 4.69) is 0 Å². The molecule has 0 amide bonds. The molecule has 0 nitrogen and oxygen atoms in total. The first-order valence-electron chi connectivity index (χ1n) is 5.33. The first-order chi connectivity index (χ1) is 7.71. The minimum atomic E-state index is -4.19. The second kappa shape index (κ2) is 4.85. The standard InChI is InChI=1S/C13H14F3S.BrH/c1-12(2,3)11-8-9-6-4-5-7-10(9)17(11)13(14,15)16;/h4-8H,1-3H3;1H/q+1;/p-1. The number of benzene rings is 1. The third kappa shape index (κ3) is 2.72. The molecule has 0 bridgehead atoms. The van der Waals surface area contributed by atoms with Gasteiger partial charge in [0.2, 0.25) is 0 Å². The van der Waals surface area contributed by atoms with E-state index in [4.69, 9.17) is 0 Å². The highest BCUT2D eigenvalue weighted by atomic mass is 79.9. The second-order valence-electron chi connectivity index (χ2n) is 5.05. The molecule has 1 aromatic heterocycles. The molecule has 0 aliphatic heterocycles. The lowest BCUT2D eigenvalue weighted by molar-refractivity contribution is -0.0869. The van der Waals surface area contributed by atoms with Crippen molar-refractivity contribution in [1.29, 1.82) is 0 Å². The first kappa shape index (κ1) is 15.5. The molecule has 2 aromatic rings. The van der Waals surface area contributed by atoms with Gasteiger partial charge in [0.1, 0.15) is 0 Å². The number of hydrogen-bond donors (Lipinski definition) is 0. The van der Waals surface area contributed by atoms with Gasteiger partial charge in [-0.1, -0.05) is 32.9 Å². The molecule has 1 unspecified atom stereocenters. The maximum atomic E-state index is 13.2. The van der Waals surface area contributed by atoms with Crippen molar-refractivity contribution in [1.82, 2.24) is 0 Å². The molecule has 1 atom stereocenters. The normalized spacial score (nSPS) is 13.6. The summed E-state index contributed by atoms with van der Waals surface area (Å²) in [6, 6.07) is 8.48. The summed E-state index contributed by atoms with van der Waals surface area (Å²) >= 11 is 0. The summed E-state index contributed by atoms with van der Waals surface area (Å²) in [5.74, 6) is 0. The second-order valence-corrected chi connectivity index (χ2v) is 7.00. The topological polar surface area (TPSA) is 0 Å². The van der Waals surface area contributed by atoms with E-state index in [0.717, 1.165) is 0 Å². The van der Waals surface area contributed by atoms with Gasteiger partial charge in [-0.05, 0) is 12.1 Å². The highest BCUT2D eigenvalue weighted by molar-refractivity contribution is 7.38. The third-order valence-corrected chi connectivity index (χ3v) is 5.06. The van der Waals surface area contributed by atoms with Gasteiger partial charge in [0, 0.05) is 16.9 Å². The fourth-order valence-electron chi connectivity index (χ4n) is 1.88. The van der Waals surface area contributed by atoms with Gasteiger partial charge in [0.05, 0.1) is 10.5 Å². The van der Waals surface area contributed by atoms with E-state index in [1.165, 1.54) is 0 Å². The molecule has 100 valence electrons. The van der Waals surface area contributed by atoms with Crippen LogP contribution in [0.1, 0.15) is 25.6 Å². The predicted molar refractivity (Wildman–Crippen MR) is 66.4 cm³/mol. The molecule has 0 spiro atoms. The van der Waals surface area contributed by atoms with Gasteiger partial charge in [-0.2, -0.15) is 0 Å². The zero-order valence-electron chi connectivity index (χ0n) is 10.3. The highest BCUT2D eigenvalue weighted by Gasteiger charge is 2.50. The molecule has 0 saturated carbocycles. The van der Waals surface area contributed by atoms with Crippen molar-refractivity contribution in [3.05, 3.63) is 35.2 Å². The summed E-state index contributed by atoms with van der Waals surface area (Å²) in [4.78, 5) is 0.478. The Morgan fingerprint density at radius 1 is 1.00 bits per heavy atom. The minimum absolute atomic E-state index is 0. The summed E-state index contributed by atoms with van der Waals surface area (Å²) < 4.78 is 40.0. The Hall–Kier alpha value is -0.550. The first-order valence-corrected chi connectivity index (χ1v) is 6.56. The van der Waals surface area contributed by atoms with Crippen LogP contribution in [0.15, 0.2) is 30.3 Å². The Morgan fingerprint density at radius 2 is 1.56 bits per heavy atom. The van der Waals surface area contributed by atoms with Crippen LogP contribution in [0.5, 0.6) is 0 Å². The number of fused-ring (bicyclic) bond motifs is 1. The van der Waals surface area contributed by atoms with Crippen LogP contribution in [0, 0.1) is 0 Å². The van der Waals surface area contributed by atoms with Crippen LogP contribution in [-0.2, 0) is 10.9 Å². The number of halogens is 4.